The highest BCUT2D eigenvalue weighted by Crippen LogP contribution is 2.38. The van der Waals surface area contributed by atoms with E-state index >= 15 is 0 Å². The fraction of sp³-hybridized carbons (Fsp3) is 0.375. The van der Waals surface area contributed by atoms with Gasteiger partial charge in [-0.15, -0.1) is 0 Å². The number of hydrogen-bond donors (Lipinski definition) is 2. The quantitative estimate of drug-likeness (QED) is 0.302. The molecule has 1 aliphatic carbocycles. The summed E-state index contributed by atoms with van der Waals surface area (Å²) in [5.41, 5.74) is 6.19. The van der Waals surface area contributed by atoms with Crippen molar-refractivity contribution >= 4 is 23.6 Å². The van der Waals surface area contributed by atoms with Gasteiger partial charge in [0.25, 0.3) is 5.91 Å². The summed E-state index contributed by atoms with van der Waals surface area (Å²) in [6.45, 7) is 2.05. The average Bonchev–Trinajstić information content (AvgIpc) is 2.92. The van der Waals surface area contributed by atoms with E-state index in [9.17, 15) is 14.7 Å². The third-order valence-corrected chi connectivity index (χ3v) is 8.26. The van der Waals surface area contributed by atoms with Gasteiger partial charge in [-0.2, -0.15) is 11.8 Å². The first kappa shape index (κ1) is 27.0. The van der Waals surface area contributed by atoms with E-state index in [0.717, 1.165) is 23.1 Å². The molecule has 2 N–H and O–H groups in total. The predicted molar refractivity (Wildman–Crippen MR) is 153 cm³/mol. The number of aryl methyl sites for hydroxylation is 1. The van der Waals surface area contributed by atoms with E-state index in [1.54, 1.807) is 11.8 Å². The molecule has 1 aliphatic rings. The topological polar surface area (TPSA) is 66.4 Å². The molecule has 0 heterocycles. The first-order valence-corrected chi connectivity index (χ1v) is 14.6. The Morgan fingerprint density at radius 1 is 0.946 bits per heavy atom. The monoisotopic (exact) mass is 515 g/mol. The Kier molecular flexibility index (Phi) is 9.45. The van der Waals surface area contributed by atoms with E-state index in [-0.39, 0.29) is 5.91 Å². The van der Waals surface area contributed by atoms with Crippen molar-refractivity contribution in [1.82, 2.24) is 5.32 Å². The van der Waals surface area contributed by atoms with E-state index < -0.39 is 12.0 Å². The fourth-order valence-electron chi connectivity index (χ4n) is 5.50. The van der Waals surface area contributed by atoms with E-state index in [4.69, 9.17) is 0 Å². The summed E-state index contributed by atoms with van der Waals surface area (Å²) in [6.07, 6.45) is 8.16. The van der Waals surface area contributed by atoms with Crippen LogP contribution in [0.1, 0.15) is 65.1 Å². The minimum absolute atomic E-state index is 0.332. The lowest BCUT2D eigenvalue weighted by atomic mass is 9.76. The molecule has 4 nitrogen and oxygen atoms in total. The summed E-state index contributed by atoms with van der Waals surface area (Å²) in [7, 11) is 0. The molecule has 0 radical (unpaired) electrons. The molecule has 1 unspecified atom stereocenters. The van der Waals surface area contributed by atoms with E-state index in [0.29, 0.717) is 29.6 Å². The number of thioether (sulfide) groups is 1. The second-order valence-corrected chi connectivity index (χ2v) is 11.2. The maximum absolute atomic E-state index is 13.3. The zero-order valence-electron chi connectivity index (χ0n) is 21.8. The highest BCUT2D eigenvalue weighted by Gasteiger charge is 2.25. The van der Waals surface area contributed by atoms with E-state index in [2.05, 4.69) is 47.8 Å². The molecule has 0 saturated heterocycles. The van der Waals surface area contributed by atoms with Crippen LogP contribution in [0.3, 0.4) is 0 Å². The van der Waals surface area contributed by atoms with Crippen LogP contribution >= 0.6 is 11.8 Å². The summed E-state index contributed by atoms with van der Waals surface area (Å²) in [4.78, 5) is 25.1. The lowest BCUT2D eigenvalue weighted by molar-refractivity contribution is -0.139. The highest BCUT2D eigenvalue weighted by atomic mass is 32.2. The molecule has 0 aliphatic heterocycles. The van der Waals surface area contributed by atoms with Crippen LogP contribution in [0.25, 0.3) is 11.1 Å². The molecule has 194 valence electrons. The van der Waals surface area contributed by atoms with Crippen LogP contribution in [0.4, 0.5) is 0 Å². The Labute approximate surface area is 224 Å². The van der Waals surface area contributed by atoms with Crippen LogP contribution < -0.4 is 5.32 Å². The molecule has 0 spiro atoms. The molecular formula is C32H37NO3S. The van der Waals surface area contributed by atoms with Crippen molar-refractivity contribution in [2.75, 3.05) is 12.0 Å². The molecule has 4 rings (SSSR count). The van der Waals surface area contributed by atoms with Crippen molar-refractivity contribution in [2.24, 2.45) is 5.92 Å². The lowest BCUT2D eigenvalue weighted by Gasteiger charge is -2.29. The molecule has 1 amide bonds. The maximum atomic E-state index is 13.3. The van der Waals surface area contributed by atoms with Crippen molar-refractivity contribution in [3.05, 3.63) is 95.1 Å². The standard InChI is InChI=1S/C32H37NO3S/c1-22-8-6-7-11-27(22)29-21-24(14-17-28(29)31(34)33-30(32(35)36)18-19-37-2)20-23-12-15-26(16-13-23)25-9-4-3-5-10-25/h3-11,14,17,21,23,26,30H,12-13,15-16,18-20H2,1-2H3,(H,33,34)(H,35,36). The molecule has 0 aromatic heterocycles. The molecule has 37 heavy (non-hydrogen) atoms. The van der Waals surface area contributed by atoms with Crippen molar-refractivity contribution in [2.45, 2.75) is 57.4 Å². The van der Waals surface area contributed by atoms with Gasteiger partial charge >= 0.3 is 5.97 Å². The van der Waals surface area contributed by atoms with Crippen molar-refractivity contribution < 1.29 is 14.7 Å². The van der Waals surface area contributed by atoms with E-state index in [1.807, 2.05) is 43.5 Å². The van der Waals surface area contributed by atoms with Gasteiger partial charge in [0.1, 0.15) is 6.04 Å². The molecule has 5 heteroatoms. The van der Waals surface area contributed by atoms with Gasteiger partial charge in [0.2, 0.25) is 0 Å². The molecule has 1 atom stereocenters. The second-order valence-electron chi connectivity index (χ2n) is 10.2. The lowest BCUT2D eigenvalue weighted by Crippen LogP contribution is -2.41. The van der Waals surface area contributed by atoms with Crippen LogP contribution in [-0.4, -0.2) is 35.0 Å². The largest absolute Gasteiger partial charge is 0.480 e. The SMILES string of the molecule is CSCCC(NC(=O)c1ccc(CC2CCC(c3ccccc3)CC2)cc1-c1ccccc1C)C(=O)O. The zero-order valence-corrected chi connectivity index (χ0v) is 22.6. The second kappa shape index (κ2) is 13.0. The number of carbonyl (C=O) groups excluding carboxylic acids is 1. The van der Waals surface area contributed by atoms with Gasteiger partial charge < -0.3 is 10.4 Å². The van der Waals surface area contributed by atoms with Gasteiger partial charge in [0, 0.05) is 5.56 Å². The number of carboxylic acids is 1. The third-order valence-electron chi connectivity index (χ3n) is 7.62. The van der Waals surface area contributed by atoms with Crippen molar-refractivity contribution in [3.63, 3.8) is 0 Å². The minimum Gasteiger partial charge on any atom is -0.480 e. The molecule has 3 aromatic rings. The van der Waals surface area contributed by atoms with E-state index in [1.165, 1.54) is 36.8 Å². The number of aliphatic carboxylic acids is 1. The van der Waals surface area contributed by atoms with Crippen LogP contribution in [-0.2, 0) is 11.2 Å². The first-order chi connectivity index (χ1) is 18.0. The smallest absolute Gasteiger partial charge is 0.326 e. The van der Waals surface area contributed by atoms with Crippen molar-refractivity contribution in [3.8, 4) is 11.1 Å². The Bertz CT molecular complexity index is 1200. The Morgan fingerprint density at radius 3 is 2.32 bits per heavy atom. The Hall–Kier alpha value is -3.05. The van der Waals surface area contributed by atoms with Gasteiger partial charge in [0.15, 0.2) is 0 Å². The maximum Gasteiger partial charge on any atom is 0.326 e. The molecule has 3 aromatic carbocycles. The normalized spacial score (nSPS) is 18.2. The number of carboxylic acid groups (broad SMARTS) is 1. The van der Waals surface area contributed by atoms with Crippen LogP contribution in [0, 0.1) is 12.8 Å². The van der Waals surface area contributed by atoms with Gasteiger partial charge in [-0.1, -0.05) is 66.7 Å². The summed E-state index contributed by atoms with van der Waals surface area (Å²) in [5, 5.41) is 12.4. The Morgan fingerprint density at radius 2 is 1.65 bits per heavy atom. The fourth-order valence-corrected chi connectivity index (χ4v) is 5.97. The van der Waals surface area contributed by atoms with Gasteiger partial charge in [-0.05, 0) is 103 Å². The average molecular weight is 516 g/mol. The van der Waals surface area contributed by atoms with Crippen LogP contribution in [0.5, 0.6) is 0 Å². The predicted octanol–water partition coefficient (Wildman–Crippen LogP) is 7.11. The van der Waals surface area contributed by atoms with Gasteiger partial charge in [0.05, 0.1) is 0 Å². The molecular weight excluding hydrogens is 478 g/mol. The molecule has 1 fully saturated rings. The molecule has 1 saturated carbocycles. The number of benzene rings is 3. The minimum atomic E-state index is -0.998. The summed E-state index contributed by atoms with van der Waals surface area (Å²) >= 11 is 1.57. The highest BCUT2D eigenvalue weighted by molar-refractivity contribution is 7.98. The number of nitrogens with one attached hydrogen (secondary N) is 1. The first-order valence-electron chi connectivity index (χ1n) is 13.2. The molecule has 0 bridgehead atoms. The van der Waals surface area contributed by atoms with Crippen LogP contribution in [0.15, 0.2) is 72.8 Å². The van der Waals surface area contributed by atoms with Gasteiger partial charge in [-0.3, -0.25) is 4.79 Å². The number of amides is 1. The number of rotatable bonds is 10. The van der Waals surface area contributed by atoms with Gasteiger partial charge in [-0.25, -0.2) is 4.79 Å². The van der Waals surface area contributed by atoms with Crippen molar-refractivity contribution in [1.29, 1.82) is 0 Å². The number of carbonyl (C=O) groups is 2. The summed E-state index contributed by atoms with van der Waals surface area (Å²) < 4.78 is 0. The summed E-state index contributed by atoms with van der Waals surface area (Å²) in [5.74, 6) is 0.628. The van der Waals surface area contributed by atoms with Crippen LogP contribution in [0.2, 0.25) is 0 Å². The zero-order chi connectivity index (χ0) is 26.2. The number of hydrogen-bond acceptors (Lipinski definition) is 3. The Balaban J connectivity index is 1.53. The summed E-state index contributed by atoms with van der Waals surface area (Å²) in [6, 6.07) is 24.1. The third kappa shape index (κ3) is 7.04.